The van der Waals surface area contributed by atoms with Crippen LogP contribution >= 0.6 is 0 Å². The summed E-state index contributed by atoms with van der Waals surface area (Å²) in [5.41, 5.74) is 4.74. The van der Waals surface area contributed by atoms with Crippen molar-refractivity contribution in [3.8, 4) is 0 Å². The number of amides is 1. The van der Waals surface area contributed by atoms with Gasteiger partial charge in [-0.3, -0.25) is 0 Å². The van der Waals surface area contributed by atoms with Gasteiger partial charge in [0.25, 0.3) is 0 Å². The van der Waals surface area contributed by atoms with E-state index in [9.17, 15) is 4.79 Å². The maximum absolute atomic E-state index is 14.7. The number of nitrogens with one attached hydrogen (secondary N) is 1. The first-order chi connectivity index (χ1) is 17.7. The van der Waals surface area contributed by atoms with Gasteiger partial charge in [0.05, 0.1) is 0 Å². The van der Waals surface area contributed by atoms with Crippen LogP contribution in [0.25, 0.3) is 0 Å². The quantitative estimate of drug-likeness (QED) is 0.372. The van der Waals surface area contributed by atoms with Crippen molar-refractivity contribution >= 4 is 22.3 Å². The van der Waals surface area contributed by atoms with Gasteiger partial charge in [-0.2, -0.15) is 0 Å². The molecule has 4 bridgehead atoms. The summed E-state index contributed by atoms with van der Waals surface area (Å²) in [6, 6.07) is 22.5. The molecule has 0 aromatic heterocycles. The molecule has 0 heterocycles. The number of benzene rings is 2. The van der Waals surface area contributed by atoms with E-state index in [1.54, 1.807) is 3.33 Å². The number of carbonyl (C=O) groups is 1. The van der Waals surface area contributed by atoms with Crippen LogP contribution in [0.4, 0.5) is 0 Å². The number of rotatable bonds is 6. The summed E-state index contributed by atoms with van der Waals surface area (Å²) in [7, 11) is 0. The molecule has 4 saturated carbocycles. The Kier molecular flexibility index (Phi) is 6.67. The molecular formula is C33H42HfNOSi. The second kappa shape index (κ2) is 9.59. The zero-order valence-electron chi connectivity index (χ0n) is 23.2. The molecule has 3 unspecified atom stereocenters. The normalized spacial score (nSPS) is 32.4. The van der Waals surface area contributed by atoms with Crippen molar-refractivity contribution in [1.29, 1.82) is 0 Å². The Labute approximate surface area is 232 Å². The minimum atomic E-state index is -2.92. The van der Waals surface area contributed by atoms with Crippen LogP contribution < -0.4 is 13.7 Å². The van der Waals surface area contributed by atoms with E-state index in [0.717, 1.165) is 31.1 Å². The van der Waals surface area contributed by atoms with E-state index in [1.165, 1.54) is 46.4 Å². The van der Waals surface area contributed by atoms with Gasteiger partial charge in [0, 0.05) is 0 Å². The molecule has 193 valence electrons. The molecule has 2 aromatic carbocycles. The molecule has 3 atom stereocenters. The Morgan fingerprint density at radius 2 is 1.41 bits per heavy atom. The zero-order valence-corrected chi connectivity index (χ0v) is 28.0. The van der Waals surface area contributed by atoms with E-state index >= 15 is 0 Å². The predicted molar refractivity (Wildman–Crippen MR) is 153 cm³/mol. The first-order valence-electron chi connectivity index (χ1n) is 14.4. The van der Waals surface area contributed by atoms with E-state index in [2.05, 4.69) is 98.6 Å². The number of hydrogen-bond acceptors (Lipinski definition) is 1. The number of allylic oxidation sites excluding steroid dienone is 4. The Hall–Kier alpha value is -1.52. The molecule has 4 fully saturated rings. The van der Waals surface area contributed by atoms with Crippen LogP contribution in [0, 0.1) is 28.6 Å². The molecule has 1 N–H and O–H groups in total. The Morgan fingerprint density at radius 3 is 1.86 bits per heavy atom. The van der Waals surface area contributed by atoms with Gasteiger partial charge in [0.2, 0.25) is 0 Å². The monoisotopic (exact) mass is 676 g/mol. The van der Waals surface area contributed by atoms with Crippen LogP contribution in [-0.2, 0) is 25.7 Å². The second-order valence-corrected chi connectivity index (χ2v) is 32.2. The van der Waals surface area contributed by atoms with Crippen molar-refractivity contribution in [3.05, 3.63) is 80.7 Å². The summed E-state index contributed by atoms with van der Waals surface area (Å²) in [4.78, 5) is 14.7. The molecule has 7 rings (SSSR count). The van der Waals surface area contributed by atoms with Crippen LogP contribution in [0.2, 0.25) is 0 Å². The van der Waals surface area contributed by atoms with Gasteiger partial charge in [0.1, 0.15) is 0 Å². The summed E-state index contributed by atoms with van der Waals surface area (Å²) < 4.78 is 5.76. The third-order valence-electron chi connectivity index (χ3n) is 10.6. The van der Waals surface area contributed by atoms with Crippen molar-refractivity contribution in [2.45, 2.75) is 73.1 Å². The van der Waals surface area contributed by atoms with Gasteiger partial charge in [-0.1, -0.05) is 0 Å². The predicted octanol–water partition coefficient (Wildman–Crippen LogP) is 6.04. The van der Waals surface area contributed by atoms with Crippen molar-refractivity contribution in [1.82, 2.24) is 3.30 Å². The van der Waals surface area contributed by atoms with Crippen LogP contribution in [0.15, 0.2) is 80.7 Å². The molecule has 0 spiro atoms. The number of hydrogen-bond donors (Lipinski definition) is 1. The van der Waals surface area contributed by atoms with Crippen molar-refractivity contribution in [2.75, 3.05) is 0 Å². The molecule has 37 heavy (non-hydrogen) atoms. The van der Waals surface area contributed by atoms with Crippen molar-refractivity contribution in [3.63, 3.8) is 0 Å². The van der Waals surface area contributed by atoms with Crippen LogP contribution in [0.5, 0.6) is 0 Å². The average Bonchev–Trinajstić information content (AvgIpc) is 3.05. The summed E-state index contributed by atoms with van der Waals surface area (Å²) in [5.74, 6) is 0.812. The molecule has 5 aliphatic carbocycles. The third kappa shape index (κ3) is 4.44. The molecule has 0 radical (unpaired) electrons. The molecular weight excluding hydrogens is 633 g/mol. The Bertz CT molecular complexity index is 1210. The standard InChI is InChI=1S/C12H19NO.C12H11Si.C9H13.Hf/c1-11-3-8-2-9(4-11)6-12(5-8,7-11)10(13)14;1-3-7-11(8-4-1)13-12-9-5-2-6-10-12;1-6-5-7(2)9(4)8(6)3;/h8-9H,2-7H2,1H3,(H2,13,14);1-10,13H;6H,1-4H3;/q;;;+1/p-1. The summed E-state index contributed by atoms with van der Waals surface area (Å²) in [5, 5.41) is 3.01. The van der Waals surface area contributed by atoms with Gasteiger partial charge in [-0.25, -0.2) is 0 Å². The second-order valence-electron chi connectivity index (χ2n) is 13.2. The first-order valence-corrected chi connectivity index (χ1v) is 25.9. The maximum atomic E-state index is 14.7. The molecule has 2 nitrogen and oxygen atoms in total. The molecule has 2 aromatic rings. The average molecular weight is 675 g/mol. The SMILES string of the molecule is CC1=C(C)C(C)[C]([Hf]([NH]C(=O)C23CC4CC(CC(C)(C4)C2)C3)[SiH](c2ccccc2)c2ccccc2)=C1C. The van der Waals surface area contributed by atoms with E-state index < -0.39 is 26.9 Å². The Morgan fingerprint density at radius 1 is 0.865 bits per heavy atom. The van der Waals surface area contributed by atoms with E-state index in [-0.39, 0.29) is 5.41 Å². The number of carbonyl (C=O) groups excluding carboxylic acids is 1. The minimum absolute atomic E-state index is 0.116. The topological polar surface area (TPSA) is 29.1 Å². The summed E-state index contributed by atoms with van der Waals surface area (Å²) in [6.45, 7) is 11.9. The van der Waals surface area contributed by atoms with E-state index in [0.29, 0.717) is 17.2 Å². The van der Waals surface area contributed by atoms with Gasteiger partial charge >= 0.3 is 234 Å². The molecule has 0 aliphatic heterocycles. The summed E-state index contributed by atoms with van der Waals surface area (Å²) in [6.07, 6.45) is 7.45. The fourth-order valence-electron chi connectivity index (χ4n) is 9.15. The first kappa shape index (κ1) is 25.7. The van der Waals surface area contributed by atoms with Crippen molar-refractivity contribution < 1.29 is 25.7 Å². The van der Waals surface area contributed by atoms with Crippen LogP contribution in [0.3, 0.4) is 0 Å². The van der Waals surface area contributed by atoms with Gasteiger partial charge in [-0.15, -0.1) is 0 Å². The van der Waals surface area contributed by atoms with Gasteiger partial charge in [-0.05, 0) is 0 Å². The molecule has 4 heteroatoms. The van der Waals surface area contributed by atoms with Gasteiger partial charge in [0.15, 0.2) is 0 Å². The van der Waals surface area contributed by atoms with Crippen LogP contribution in [-0.4, -0.2) is 11.9 Å². The molecule has 1 amide bonds. The van der Waals surface area contributed by atoms with Gasteiger partial charge < -0.3 is 0 Å². The summed E-state index contributed by atoms with van der Waals surface area (Å²) >= 11 is -2.92. The fourth-order valence-corrected chi connectivity index (χ4v) is 39.9. The third-order valence-corrected chi connectivity index (χ3v) is 37.2. The fraction of sp³-hybridized carbons (Fsp3) is 0.485. The zero-order chi connectivity index (χ0) is 25.9. The molecule has 5 aliphatic rings. The van der Waals surface area contributed by atoms with Crippen LogP contribution in [0.1, 0.15) is 73.1 Å². The van der Waals surface area contributed by atoms with E-state index in [4.69, 9.17) is 0 Å². The van der Waals surface area contributed by atoms with E-state index in [1.807, 2.05) is 0 Å². The Balaban J connectivity index is 1.45. The van der Waals surface area contributed by atoms with Crippen molar-refractivity contribution in [2.24, 2.45) is 28.6 Å². The molecule has 0 saturated heterocycles.